The van der Waals surface area contributed by atoms with Crippen LogP contribution < -0.4 is 0 Å². The van der Waals surface area contributed by atoms with E-state index in [-0.39, 0.29) is 0 Å². The van der Waals surface area contributed by atoms with E-state index in [0.717, 1.165) is 39.5 Å². The highest BCUT2D eigenvalue weighted by atomic mass is 14.9. The van der Waals surface area contributed by atoms with Crippen LogP contribution in [0.1, 0.15) is 22.3 Å². The number of aromatic nitrogens is 2. The Balaban J connectivity index is 1.16. The van der Waals surface area contributed by atoms with E-state index in [1.165, 1.54) is 71.6 Å². The Morgan fingerprint density at radius 2 is 0.877 bits per heavy atom. The number of nitrogens with zero attached hydrogens (tertiary/aromatic N) is 2. The minimum Gasteiger partial charge on any atom is -0.228 e. The minimum atomic E-state index is -0.540. The zero-order valence-electron chi connectivity index (χ0n) is 31.0. The van der Waals surface area contributed by atoms with Crippen LogP contribution in [0, 0.1) is 0 Å². The van der Waals surface area contributed by atoms with Gasteiger partial charge in [-0.15, -0.1) is 0 Å². The normalized spacial score (nSPS) is 14.7. The second-order valence-corrected chi connectivity index (χ2v) is 15.2. The standard InChI is InChI=1S/C55H34N2/c1-3-15-35(16-4-1)39-21-13-22-40(33-39)50-34-49(38-19-5-2-6-20-38)56-54(57-50)45-26-14-28-47-52(45)43-25-11-12-27-46(43)55(47)48-32-30-36-17-7-9-23-41(36)51(48)44-31-29-37-18-8-10-24-42(37)53(44)55/h1-34H. The second-order valence-electron chi connectivity index (χ2n) is 15.2. The molecule has 9 aromatic carbocycles. The van der Waals surface area contributed by atoms with E-state index in [1.54, 1.807) is 0 Å². The van der Waals surface area contributed by atoms with Crippen LogP contribution >= 0.6 is 0 Å². The fourth-order valence-electron chi connectivity index (χ4n) is 9.93. The van der Waals surface area contributed by atoms with Crippen LogP contribution in [0.2, 0.25) is 0 Å². The Kier molecular flexibility index (Phi) is 6.88. The molecule has 2 aliphatic carbocycles. The average molecular weight is 723 g/mol. The van der Waals surface area contributed by atoms with Crippen LogP contribution in [0.3, 0.4) is 0 Å². The van der Waals surface area contributed by atoms with Gasteiger partial charge in [0.15, 0.2) is 5.82 Å². The molecule has 2 nitrogen and oxygen atoms in total. The van der Waals surface area contributed by atoms with Gasteiger partial charge in [-0.2, -0.15) is 0 Å². The molecule has 0 saturated heterocycles. The monoisotopic (exact) mass is 722 g/mol. The van der Waals surface area contributed by atoms with Crippen molar-refractivity contribution < 1.29 is 0 Å². The number of hydrogen-bond donors (Lipinski definition) is 0. The fraction of sp³-hybridized carbons (Fsp3) is 0.0182. The van der Waals surface area contributed by atoms with Crippen molar-refractivity contribution in [3.05, 3.63) is 229 Å². The van der Waals surface area contributed by atoms with Gasteiger partial charge >= 0.3 is 0 Å². The van der Waals surface area contributed by atoms with E-state index >= 15 is 0 Å². The van der Waals surface area contributed by atoms with Gasteiger partial charge in [0.05, 0.1) is 16.8 Å². The van der Waals surface area contributed by atoms with E-state index in [4.69, 9.17) is 9.97 Å². The smallest absolute Gasteiger partial charge is 0.161 e. The molecule has 12 rings (SSSR count). The second kappa shape index (κ2) is 12.3. The summed E-state index contributed by atoms with van der Waals surface area (Å²) in [6.07, 6.45) is 0. The first kappa shape index (κ1) is 31.9. The third-order valence-corrected chi connectivity index (χ3v) is 12.3. The molecule has 1 atom stereocenters. The van der Waals surface area contributed by atoms with E-state index in [1.807, 2.05) is 0 Å². The van der Waals surface area contributed by atoms with Crippen molar-refractivity contribution in [1.82, 2.24) is 9.97 Å². The maximum atomic E-state index is 5.47. The Hall–Kier alpha value is -7.42. The van der Waals surface area contributed by atoms with Gasteiger partial charge in [-0.1, -0.05) is 194 Å². The van der Waals surface area contributed by atoms with Gasteiger partial charge in [-0.05, 0) is 89.3 Å². The molecule has 1 aromatic heterocycles. The van der Waals surface area contributed by atoms with Gasteiger partial charge in [-0.25, -0.2) is 9.97 Å². The van der Waals surface area contributed by atoms with Crippen molar-refractivity contribution in [2.75, 3.05) is 0 Å². The predicted octanol–water partition coefficient (Wildman–Crippen LogP) is 13.8. The maximum Gasteiger partial charge on any atom is 0.161 e. The van der Waals surface area contributed by atoms with Crippen molar-refractivity contribution in [2.45, 2.75) is 5.41 Å². The summed E-state index contributed by atoms with van der Waals surface area (Å²) < 4.78 is 0. The molecule has 2 heteroatoms. The van der Waals surface area contributed by atoms with Crippen LogP contribution in [0.5, 0.6) is 0 Å². The Labute approximate surface area is 331 Å². The molecule has 0 fully saturated rings. The number of fused-ring (bicyclic) bond motifs is 14. The van der Waals surface area contributed by atoms with Gasteiger partial charge < -0.3 is 0 Å². The van der Waals surface area contributed by atoms with Crippen LogP contribution in [0.15, 0.2) is 206 Å². The third-order valence-electron chi connectivity index (χ3n) is 12.3. The van der Waals surface area contributed by atoms with Crippen molar-refractivity contribution in [2.24, 2.45) is 0 Å². The molecule has 0 N–H and O–H groups in total. The molecule has 0 amide bonds. The largest absolute Gasteiger partial charge is 0.228 e. The van der Waals surface area contributed by atoms with Crippen LogP contribution in [0.25, 0.3) is 88.8 Å². The summed E-state index contributed by atoms with van der Waals surface area (Å²) in [5.41, 5.74) is 17.0. The SMILES string of the molecule is c1ccc(-c2cccc(-c3cc(-c4ccccc4)nc(-c4cccc5c4-c4ccccc4C54c5ccc6ccccc6c5-c5ccc6ccccc6c54)n3)c2)cc1. The third kappa shape index (κ3) is 4.59. The van der Waals surface area contributed by atoms with Crippen LogP contribution in [-0.4, -0.2) is 9.97 Å². The van der Waals surface area contributed by atoms with Crippen LogP contribution in [-0.2, 0) is 5.41 Å². The summed E-state index contributed by atoms with van der Waals surface area (Å²) in [6.45, 7) is 0. The summed E-state index contributed by atoms with van der Waals surface area (Å²) in [5, 5.41) is 5.07. The quantitative estimate of drug-likeness (QED) is 0.181. The summed E-state index contributed by atoms with van der Waals surface area (Å²) in [6, 6.07) is 74.9. The molecule has 1 heterocycles. The summed E-state index contributed by atoms with van der Waals surface area (Å²) in [7, 11) is 0. The first-order valence-corrected chi connectivity index (χ1v) is 19.7. The molecule has 10 aromatic rings. The van der Waals surface area contributed by atoms with Crippen LogP contribution in [0.4, 0.5) is 0 Å². The highest BCUT2D eigenvalue weighted by molar-refractivity contribution is 6.11. The van der Waals surface area contributed by atoms with E-state index in [0.29, 0.717) is 0 Å². The topological polar surface area (TPSA) is 25.8 Å². The lowest BCUT2D eigenvalue weighted by Gasteiger charge is -2.31. The molecule has 0 aliphatic heterocycles. The molecule has 0 radical (unpaired) electrons. The number of rotatable bonds is 4. The molecule has 2 aliphatic rings. The number of benzene rings is 9. The van der Waals surface area contributed by atoms with E-state index < -0.39 is 5.41 Å². The zero-order valence-corrected chi connectivity index (χ0v) is 31.0. The summed E-state index contributed by atoms with van der Waals surface area (Å²) in [5.74, 6) is 0.718. The predicted molar refractivity (Wildman–Crippen MR) is 235 cm³/mol. The Morgan fingerprint density at radius 3 is 1.70 bits per heavy atom. The molecular weight excluding hydrogens is 689 g/mol. The minimum absolute atomic E-state index is 0.540. The average Bonchev–Trinajstić information content (AvgIpc) is 3.77. The van der Waals surface area contributed by atoms with Gasteiger partial charge in [0.2, 0.25) is 0 Å². The summed E-state index contributed by atoms with van der Waals surface area (Å²) >= 11 is 0. The molecule has 264 valence electrons. The summed E-state index contributed by atoms with van der Waals surface area (Å²) in [4.78, 5) is 10.9. The van der Waals surface area contributed by atoms with Crippen molar-refractivity contribution >= 4 is 21.5 Å². The lowest BCUT2D eigenvalue weighted by molar-refractivity contribution is 0.802. The molecule has 57 heavy (non-hydrogen) atoms. The van der Waals surface area contributed by atoms with Crippen molar-refractivity contribution in [3.8, 4) is 67.3 Å². The zero-order chi connectivity index (χ0) is 37.5. The van der Waals surface area contributed by atoms with Gasteiger partial charge in [-0.3, -0.25) is 0 Å². The first-order valence-electron chi connectivity index (χ1n) is 19.7. The van der Waals surface area contributed by atoms with Crippen molar-refractivity contribution in [3.63, 3.8) is 0 Å². The van der Waals surface area contributed by atoms with Gasteiger partial charge in [0, 0.05) is 16.7 Å². The van der Waals surface area contributed by atoms with Gasteiger partial charge in [0.1, 0.15) is 0 Å². The Bertz CT molecular complexity index is 3240. The highest BCUT2D eigenvalue weighted by Gasteiger charge is 2.53. The lowest BCUT2D eigenvalue weighted by Crippen LogP contribution is -2.26. The van der Waals surface area contributed by atoms with E-state index in [9.17, 15) is 0 Å². The van der Waals surface area contributed by atoms with Gasteiger partial charge in [0.25, 0.3) is 0 Å². The number of hydrogen-bond acceptors (Lipinski definition) is 2. The highest BCUT2D eigenvalue weighted by Crippen LogP contribution is 2.66. The van der Waals surface area contributed by atoms with Crippen molar-refractivity contribution in [1.29, 1.82) is 0 Å². The molecule has 0 saturated carbocycles. The first-order chi connectivity index (χ1) is 28.3. The Morgan fingerprint density at radius 1 is 0.316 bits per heavy atom. The maximum absolute atomic E-state index is 5.47. The van der Waals surface area contributed by atoms with E-state index in [2.05, 4.69) is 206 Å². The molecule has 1 spiro atoms. The fourth-order valence-corrected chi connectivity index (χ4v) is 9.93. The molecule has 0 bridgehead atoms. The molecule has 1 unspecified atom stereocenters. The molecular formula is C55H34N2. The lowest BCUT2D eigenvalue weighted by atomic mass is 9.69.